The lowest BCUT2D eigenvalue weighted by Crippen LogP contribution is -2.52. The Morgan fingerprint density at radius 2 is 1.91 bits per heavy atom. The normalized spacial score (nSPS) is 19.7. The van der Waals surface area contributed by atoms with Crippen molar-refractivity contribution in [1.29, 1.82) is 0 Å². The van der Waals surface area contributed by atoms with Crippen LogP contribution in [0.1, 0.15) is 48.2 Å². The summed E-state index contributed by atoms with van der Waals surface area (Å²) in [6.07, 6.45) is 0.623. The van der Waals surface area contributed by atoms with Crippen LogP contribution in [-0.2, 0) is 16.1 Å². The number of hydrogen-bond donors (Lipinski definition) is 1. The van der Waals surface area contributed by atoms with Crippen molar-refractivity contribution in [3.05, 3.63) is 28.8 Å². The quantitative estimate of drug-likeness (QED) is 0.844. The summed E-state index contributed by atoms with van der Waals surface area (Å²) in [5.74, 6) is -0.176. The van der Waals surface area contributed by atoms with Crippen molar-refractivity contribution in [1.82, 2.24) is 10.2 Å². The first kappa shape index (κ1) is 17.0. The molecule has 2 aliphatic heterocycles. The summed E-state index contributed by atoms with van der Waals surface area (Å²) < 4.78 is 5.38. The van der Waals surface area contributed by atoms with E-state index < -0.39 is 11.9 Å². The standard InChI is InChI=1S/C15H16N2O4.C2H6/c1-8-3-4-9-10(13(8)21-2)7-17(15(9)20)11-5-6-12(18)16-14(11)19;1-2/h3-4,11H,5-7H2,1-2H3,(H,16,18,19);1-2H3. The number of amides is 3. The third-order valence-electron chi connectivity index (χ3n) is 4.07. The van der Waals surface area contributed by atoms with Gasteiger partial charge in [-0.15, -0.1) is 0 Å². The minimum absolute atomic E-state index is 0.183. The number of ether oxygens (including phenoxy) is 1. The maximum Gasteiger partial charge on any atom is 0.255 e. The fourth-order valence-electron chi connectivity index (χ4n) is 3.01. The average molecular weight is 318 g/mol. The third kappa shape index (κ3) is 2.93. The predicted molar refractivity (Wildman–Crippen MR) is 85.1 cm³/mol. The van der Waals surface area contributed by atoms with Crippen molar-refractivity contribution >= 4 is 17.7 Å². The summed E-state index contributed by atoms with van der Waals surface area (Å²) in [6, 6.07) is 3.01. The molecule has 1 saturated heterocycles. The molecule has 1 aromatic rings. The highest BCUT2D eigenvalue weighted by Gasteiger charge is 2.40. The van der Waals surface area contributed by atoms with Gasteiger partial charge in [-0.05, 0) is 25.0 Å². The second kappa shape index (κ2) is 6.81. The summed E-state index contributed by atoms with van der Waals surface area (Å²) in [4.78, 5) is 37.2. The van der Waals surface area contributed by atoms with Crippen LogP contribution in [0.3, 0.4) is 0 Å². The lowest BCUT2D eigenvalue weighted by atomic mass is 10.0. The van der Waals surface area contributed by atoms with Gasteiger partial charge in [0.25, 0.3) is 5.91 Å². The van der Waals surface area contributed by atoms with Gasteiger partial charge in [-0.1, -0.05) is 19.9 Å². The number of nitrogens with zero attached hydrogens (tertiary/aromatic N) is 1. The molecule has 6 heteroatoms. The molecule has 0 saturated carbocycles. The molecule has 0 bridgehead atoms. The van der Waals surface area contributed by atoms with Crippen LogP contribution in [0, 0.1) is 6.92 Å². The first-order valence-corrected chi connectivity index (χ1v) is 7.84. The maximum absolute atomic E-state index is 12.5. The smallest absolute Gasteiger partial charge is 0.255 e. The predicted octanol–water partition coefficient (Wildman–Crippen LogP) is 1.79. The van der Waals surface area contributed by atoms with E-state index >= 15 is 0 Å². The largest absolute Gasteiger partial charge is 0.496 e. The first-order valence-electron chi connectivity index (χ1n) is 7.84. The van der Waals surface area contributed by atoms with E-state index in [1.807, 2.05) is 26.8 Å². The van der Waals surface area contributed by atoms with Crippen molar-refractivity contribution in [2.75, 3.05) is 7.11 Å². The summed E-state index contributed by atoms with van der Waals surface area (Å²) in [6.45, 7) is 6.25. The highest BCUT2D eigenvalue weighted by atomic mass is 16.5. The minimum Gasteiger partial charge on any atom is -0.496 e. The Morgan fingerprint density at radius 3 is 2.52 bits per heavy atom. The Morgan fingerprint density at radius 1 is 1.22 bits per heavy atom. The van der Waals surface area contributed by atoms with Gasteiger partial charge in [-0.2, -0.15) is 0 Å². The van der Waals surface area contributed by atoms with E-state index in [2.05, 4.69) is 5.32 Å². The van der Waals surface area contributed by atoms with Gasteiger partial charge in [0.1, 0.15) is 11.8 Å². The SMILES string of the molecule is CC.COc1c(C)ccc2c1CN(C1CCC(=O)NC1=O)C2=O. The third-order valence-corrected chi connectivity index (χ3v) is 4.07. The lowest BCUT2D eigenvalue weighted by Gasteiger charge is -2.29. The molecular weight excluding hydrogens is 296 g/mol. The number of rotatable bonds is 2. The van der Waals surface area contributed by atoms with Gasteiger partial charge in [0, 0.05) is 17.5 Å². The number of imide groups is 1. The van der Waals surface area contributed by atoms with Gasteiger partial charge < -0.3 is 9.64 Å². The van der Waals surface area contributed by atoms with E-state index in [-0.39, 0.29) is 18.2 Å². The van der Waals surface area contributed by atoms with E-state index in [1.165, 1.54) is 4.90 Å². The van der Waals surface area contributed by atoms with Gasteiger partial charge in [0.15, 0.2) is 0 Å². The van der Waals surface area contributed by atoms with Crippen molar-refractivity contribution in [2.24, 2.45) is 0 Å². The zero-order valence-electron chi connectivity index (χ0n) is 13.9. The molecule has 0 radical (unpaired) electrons. The van der Waals surface area contributed by atoms with Gasteiger partial charge in [-0.25, -0.2) is 0 Å². The molecule has 124 valence electrons. The fourth-order valence-corrected chi connectivity index (χ4v) is 3.01. The van der Waals surface area contributed by atoms with E-state index in [0.29, 0.717) is 24.3 Å². The molecule has 0 aliphatic carbocycles. The van der Waals surface area contributed by atoms with Gasteiger partial charge in [0.05, 0.1) is 13.7 Å². The Bertz CT molecular complexity index is 654. The molecule has 23 heavy (non-hydrogen) atoms. The first-order chi connectivity index (χ1) is 11.0. The number of carbonyl (C=O) groups excluding carboxylic acids is 3. The summed E-state index contributed by atoms with van der Waals surface area (Å²) in [5.41, 5.74) is 2.34. The molecule has 1 aromatic carbocycles. The average Bonchev–Trinajstić information content (AvgIpc) is 2.86. The molecule has 0 spiro atoms. The molecule has 0 aromatic heterocycles. The number of methoxy groups -OCH3 is 1. The van der Waals surface area contributed by atoms with Crippen LogP contribution >= 0.6 is 0 Å². The number of aryl methyl sites for hydroxylation is 1. The van der Waals surface area contributed by atoms with E-state index in [0.717, 1.165) is 11.1 Å². The lowest BCUT2D eigenvalue weighted by molar-refractivity contribution is -0.136. The Labute approximate surface area is 135 Å². The van der Waals surface area contributed by atoms with E-state index in [4.69, 9.17) is 4.74 Å². The monoisotopic (exact) mass is 318 g/mol. The number of hydrogen-bond acceptors (Lipinski definition) is 4. The van der Waals surface area contributed by atoms with Gasteiger partial charge in [-0.3, -0.25) is 19.7 Å². The molecule has 6 nitrogen and oxygen atoms in total. The Kier molecular flexibility index (Phi) is 5.03. The van der Waals surface area contributed by atoms with Gasteiger partial charge >= 0.3 is 0 Å². The summed E-state index contributed by atoms with van der Waals surface area (Å²) in [5, 5.41) is 2.29. The van der Waals surface area contributed by atoms with Crippen LogP contribution in [0.4, 0.5) is 0 Å². The highest BCUT2D eigenvalue weighted by molar-refractivity contribution is 6.05. The molecule has 2 heterocycles. The van der Waals surface area contributed by atoms with Crippen LogP contribution in [0.5, 0.6) is 5.75 Å². The van der Waals surface area contributed by atoms with Crippen molar-refractivity contribution < 1.29 is 19.1 Å². The molecule has 1 N–H and O–H groups in total. The highest BCUT2D eigenvalue weighted by Crippen LogP contribution is 2.35. The number of carbonyl (C=O) groups is 3. The zero-order chi connectivity index (χ0) is 17.1. The number of nitrogens with one attached hydrogen (secondary N) is 1. The molecule has 3 amide bonds. The molecule has 1 unspecified atom stereocenters. The Balaban J connectivity index is 0.000000924. The minimum atomic E-state index is -0.590. The molecule has 3 rings (SSSR count). The maximum atomic E-state index is 12.5. The molecule has 1 fully saturated rings. The number of fused-ring (bicyclic) bond motifs is 1. The van der Waals surface area contributed by atoms with E-state index in [9.17, 15) is 14.4 Å². The van der Waals surface area contributed by atoms with Crippen molar-refractivity contribution in [3.63, 3.8) is 0 Å². The molecular formula is C17H22N2O4. The molecule has 1 atom stereocenters. The van der Waals surface area contributed by atoms with E-state index in [1.54, 1.807) is 13.2 Å². The van der Waals surface area contributed by atoms with Crippen molar-refractivity contribution in [3.8, 4) is 5.75 Å². The second-order valence-corrected chi connectivity index (χ2v) is 5.34. The van der Waals surface area contributed by atoms with Gasteiger partial charge in [0.2, 0.25) is 11.8 Å². The molecule has 2 aliphatic rings. The second-order valence-electron chi connectivity index (χ2n) is 5.34. The van der Waals surface area contributed by atoms with Crippen LogP contribution < -0.4 is 10.1 Å². The van der Waals surface area contributed by atoms with Crippen LogP contribution in [0.25, 0.3) is 0 Å². The van der Waals surface area contributed by atoms with Crippen LogP contribution in [0.2, 0.25) is 0 Å². The summed E-state index contributed by atoms with van der Waals surface area (Å²) >= 11 is 0. The number of piperidine rings is 1. The summed E-state index contributed by atoms with van der Waals surface area (Å²) in [7, 11) is 1.57. The fraction of sp³-hybridized carbons (Fsp3) is 0.471. The van der Waals surface area contributed by atoms with Crippen LogP contribution in [0.15, 0.2) is 12.1 Å². The van der Waals surface area contributed by atoms with Crippen LogP contribution in [-0.4, -0.2) is 35.8 Å². The zero-order valence-corrected chi connectivity index (χ0v) is 13.9. The topological polar surface area (TPSA) is 75.7 Å². The number of benzene rings is 1. The Hall–Kier alpha value is -2.37. The van der Waals surface area contributed by atoms with Crippen molar-refractivity contribution in [2.45, 2.75) is 46.2 Å².